The Morgan fingerprint density at radius 1 is 0.569 bits per heavy atom. The predicted octanol–water partition coefficient (Wildman–Crippen LogP) is 15.8. The van der Waals surface area contributed by atoms with Crippen molar-refractivity contribution in [2.24, 2.45) is 7.05 Å². The smallest absolute Gasteiger partial charge is 0.244 e. The molecule has 6 aromatic carbocycles. The highest BCUT2D eigenvalue weighted by molar-refractivity contribution is 6.09. The van der Waals surface area contributed by atoms with Crippen molar-refractivity contribution in [3.8, 4) is 45.3 Å². The van der Waals surface area contributed by atoms with E-state index >= 15 is 0 Å². The monoisotopic (exact) mass is 944 g/mol. The van der Waals surface area contributed by atoms with E-state index in [1.54, 1.807) is 6.20 Å². The van der Waals surface area contributed by atoms with Gasteiger partial charge in [-0.1, -0.05) is 156 Å². The van der Waals surface area contributed by atoms with E-state index in [2.05, 4.69) is 237 Å². The predicted molar refractivity (Wildman–Crippen MR) is 296 cm³/mol. The number of ether oxygens (including phenoxy) is 1. The Hall–Kier alpha value is -7.31. The largest absolute Gasteiger partial charge is 0.458 e. The summed E-state index contributed by atoms with van der Waals surface area (Å²) in [6, 6.07) is 45.2. The van der Waals surface area contributed by atoms with Gasteiger partial charge in [0.2, 0.25) is 6.33 Å². The van der Waals surface area contributed by atoms with Crippen LogP contribution in [-0.4, -0.2) is 19.1 Å². The molecule has 1 aliphatic carbocycles. The summed E-state index contributed by atoms with van der Waals surface area (Å²) in [6.45, 7) is 30.7. The lowest BCUT2D eigenvalue weighted by Crippen LogP contribution is -2.38. The number of aromatic nitrogens is 5. The van der Waals surface area contributed by atoms with Crippen LogP contribution in [0.15, 0.2) is 140 Å². The summed E-state index contributed by atoms with van der Waals surface area (Å²) in [4.78, 5) is 9.46. The molecule has 1 spiro atoms. The maximum atomic E-state index is 7.11. The van der Waals surface area contributed by atoms with Crippen molar-refractivity contribution in [2.45, 2.75) is 117 Å². The van der Waals surface area contributed by atoms with Crippen LogP contribution in [0.5, 0.6) is 11.5 Å². The lowest BCUT2D eigenvalue weighted by atomic mass is 9.60. The van der Waals surface area contributed by atoms with Crippen molar-refractivity contribution in [1.29, 1.82) is 0 Å². The number of pyridine rings is 2. The Bertz CT molecular complexity index is 3810. The number of imidazole rings is 1. The molecule has 0 unspecified atom stereocenters. The van der Waals surface area contributed by atoms with Gasteiger partial charge in [0.05, 0.1) is 40.2 Å². The third-order valence-corrected chi connectivity index (χ3v) is 15.7. The van der Waals surface area contributed by atoms with Gasteiger partial charge in [-0.15, -0.1) is 0 Å². The zero-order valence-electron chi connectivity index (χ0n) is 44.4. The lowest BCUT2D eigenvalue weighted by molar-refractivity contribution is -0.649. The van der Waals surface area contributed by atoms with Gasteiger partial charge in [-0.25, -0.2) is 4.98 Å². The summed E-state index contributed by atoms with van der Waals surface area (Å²) < 4.78 is 13.8. The topological polar surface area (TPSA) is 48.8 Å². The zero-order chi connectivity index (χ0) is 50.6. The fourth-order valence-electron chi connectivity index (χ4n) is 12.1. The van der Waals surface area contributed by atoms with E-state index in [0.29, 0.717) is 0 Å². The lowest BCUT2D eigenvalue weighted by Gasteiger charge is -2.45. The van der Waals surface area contributed by atoms with Crippen LogP contribution in [-0.2, 0) is 34.1 Å². The number of aryl methyl sites for hydroxylation is 2. The molecule has 4 aromatic heterocycles. The minimum atomic E-state index is -0.664. The van der Waals surface area contributed by atoms with Crippen molar-refractivity contribution < 1.29 is 9.30 Å². The molecule has 6 heteroatoms. The molecular weight excluding hydrogens is 879 g/mol. The molecule has 2 aliphatic rings. The molecule has 72 heavy (non-hydrogen) atoms. The zero-order valence-corrected chi connectivity index (χ0v) is 44.4. The van der Waals surface area contributed by atoms with Gasteiger partial charge >= 0.3 is 0 Å². The molecule has 0 fully saturated rings. The molecule has 0 atom stereocenters. The molecule has 0 N–H and O–H groups in total. The van der Waals surface area contributed by atoms with Crippen molar-refractivity contribution in [3.05, 3.63) is 196 Å². The highest BCUT2D eigenvalue weighted by atomic mass is 16.5. The highest BCUT2D eigenvalue weighted by Crippen LogP contribution is 2.65. The van der Waals surface area contributed by atoms with Crippen LogP contribution < -0.4 is 9.30 Å². The first-order valence-electron chi connectivity index (χ1n) is 25.6. The molecule has 360 valence electrons. The standard InChI is InChI=1S/C66H65N5O/c1-39-29-58(68-37-49(39)40-19-18-28-67-36-40)71-54-22-16-15-20-45(54)46-26-24-43(34-56(46)71)72-44-25-27-50-57(35-44)70-38-69(14)55-23-17-21-51(61(55)70)66(50)59-47(30-41(62(2,3)4)32-52(59)64(8,9)10)48-31-42(63(5,6)7)33-53(60(48)66)65(11,12)13/h15-37H,1-14H3. The summed E-state index contributed by atoms with van der Waals surface area (Å²) in [6.07, 6.45) is 9.46. The van der Waals surface area contributed by atoms with Gasteiger partial charge in [-0.3, -0.25) is 9.55 Å². The van der Waals surface area contributed by atoms with E-state index in [9.17, 15) is 0 Å². The van der Waals surface area contributed by atoms with E-state index < -0.39 is 5.41 Å². The second kappa shape index (κ2) is 15.4. The quantitative estimate of drug-likeness (QED) is 0.130. The summed E-state index contributed by atoms with van der Waals surface area (Å²) >= 11 is 0. The van der Waals surface area contributed by atoms with Gasteiger partial charge in [-0.05, 0) is 132 Å². The number of nitrogens with zero attached hydrogens (tertiary/aromatic N) is 5. The van der Waals surface area contributed by atoms with Crippen LogP contribution >= 0.6 is 0 Å². The molecule has 1 aliphatic heterocycles. The molecule has 0 saturated heterocycles. The van der Waals surface area contributed by atoms with E-state index in [4.69, 9.17) is 9.72 Å². The number of fused-ring (bicyclic) bond motifs is 12. The fraction of sp³-hybridized carbons (Fsp3) is 0.288. The van der Waals surface area contributed by atoms with Gasteiger partial charge in [0.15, 0.2) is 0 Å². The number of rotatable bonds is 4. The SMILES string of the molecule is Cc1cc(-n2c3ccccc3c3ccc(Oc4ccc5c(c4)-n4[c-][n+](C)c6cccc(c64)C54c5c(cc(C(C)(C)C)cc5C(C)(C)C)-c5cc(C(C)(C)C)cc(C(C)(C)C)c54)cc32)ncc1-c1cccnc1. The van der Waals surface area contributed by atoms with Crippen LogP contribution in [0.25, 0.3) is 66.6 Å². The minimum Gasteiger partial charge on any atom is -0.458 e. The normalized spacial score (nSPS) is 14.1. The average molecular weight is 944 g/mol. The number of benzene rings is 6. The number of hydrogen-bond acceptors (Lipinski definition) is 3. The Kier molecular flexibility index (Phi) is 9.77. The summed E-state index contributed by atoms with van der Waals surface area (Å²) in [7, 11) is 2.13. The van der Waals surface area contributed by atoms with Crippen LogP contribution in [0.2, 0.25) is 0 Å². The first kappa shape index (κ1) is 45.8. The summed E-state index contributed by atoms with van der Waals surface area (Å²) in [5, 5.41) is 2.31. The molecule has 6 nitrogen and oxygen atoms in total. The summed E-state index contributed by atoms with van der Waals surface area (Å²) in [5.41, 5.74) is 21.1. The minimum absolute atomic E-state index is 0.0642. The van der Waals surface area contributed by atoms with Gasteiger partial charge < -0.3 is 13.9 Å². The molecule has 0 bridgehead atoms. The van der Waals surface area contributed by atoms with Crippen LogP contribution in [0, 0.1) is 13.3 Å². The van der Waals surface area contributed by atoms with Crippen molar-refractivity contribution in [2.75, 3.05) is 0 Å². The number of hydrogen-bond donors (Lipinski definition) is 0. The first-order valence-corrected chi connectivity index (χ1v) is 25.6. The Morgan fingerprint density at radius 3 is 1.83 bits per heavy atom. The second-order valence-electron chi connectivity index (χ2n) is 24.7. The molecular formula is C66H65N5O. The average Bonchev–Trinajstić information content (AvgIpc) is 3.95. The van der Waals surface area contributed by atoms with Crippen LogP contribution in [0.4, 0.5) is 0 Å². The van der Waals surface area contributed by atoms with Gasteiger partial charge in [0.25, 0.3) is 0 Å². The van der Waals surface area contributed by atoms with Crippen molar-refractivity contribution >= 4 is 32.8 Å². The molecule has 0 saturated carbocycles. The fourth-order valence-corrected chi connectivity index (χ4v) is 12.1. The van der Waals surface area contributed by atoms with Crippen LogP contribution in [0.1, 0.15) is 133 Å². The molecule has 12 rings (SSSR count). The van der Waals surface area contributed by atoms with E-state index in [-0.39, 0.29) is 21.7 Å². The van der Waals surface area contributed by atoms with E-state index in [0.717, 1.165) is 61.6 Å². The summed E-state index contributed by atoms with van der Waals surface area (Å²) in [5.74, 6) is 2.36. The van der Waals surface area contributed by atoms with E-state index in [1.165, 1.54) is 66.5 Å². The molecule has 10 aromatic rings. The van der Waals surface area contributed by atoms with E-state index in [1.807, 2.05) is 18.5 Å². The Labute approximate surface area is 425 Å². The van der Waals surface area contributed by atoms with Gasteiger partial charge in [0.1, 0.15) is 17.3 Å². The maximum absolute atomic E-state index is 7.11. The Morgan fingerprint density at radius 2 is 1.21 bits per heavy atom. The molecule has 5 heterocycles. The first-order chi connectivity index (χ1) is 34.0. The molecule has 0 amide bonds. The van der Waals surface area contributed by atoms with Gasteiger partial charge in [0, 0.05) is 46.6 Å². The maximum Gasteiger partial charge on any atom is 0.244 e. The second-order valence-corrected chi connectivity index (χ2v) is 24.7. The van der Waals surface area contributed by atoms with Crippen molar-refractivity contribution in [1.82, 2.24) is 19.1 Å². The van der Waals surface area contributed by atoms with Gasteiger partial charge in [-0.2, -0.15) is 0 Å². The van der Waals surface area contributed by atoms with Crippen molar-refractivity contribution in [3.63, 3.8) is 0 Å². The molecule has 0 radical (unpaired) electrons. The Balaban J connectivity index is 1.11. The third kappa shape index (κ3) is 6.70. The highest BCUT2D eigenvalue weighted by Gasteiger charge is 2.54. The van der Waals surface area contributed by atoms with Crippen LogP contribution in [0.3, 0.4) is 0 Å². The third-order valence-electron chi connectivity index (χ3n) is 15.7. The number of para-hydroxylation sites is 2.